The van der Waals surface area contributed by atoms with Gasteiger partial charge in [0, 0.05) is 11.1 Å². The summed E-state index contributed by atoms with van der Waals surface area (Å²) in [4.78, 5) is -6.51. The maximum Gasteiger partial charge on any atom is 0.327 e. The van der Waals surface area contributed by atoms with Gasteiger partial charge < -0.3 is 0 Å². The van der Waals surface area contributed by atoms with Crippen molar-refractivity contribution in [3.8, 4) is 0 Å². The molecule has 0 aromatic heterocycles. The van der Waals surface area contributed by atoms with Crippen LogP contribution in [0.25, 0.3) is 10.8 Å². The first-order chi connectivity index (χ1) is 8.21. The molecule has 0 saturated heterocycles. The lowest BCUT2D eigenvalue weighted by molar-refractivity contribution is 0.114. The maximum absolute atomic E-state index is 13.3. The van der Waals surface area contributed by atoms with E-state index in [1.165, 1.54) is 36.4 Å². The molecular weight excluding hydrogens is 380 g/mol. The van der Waals surface area contributed by atoms with Gasteiger partial charge in [-0.15, -0.1) is 0 Å². The minimum atomic E-state index is -3.26. The van der Waals surface area contributed by atoms with Crippen LogP contribution in [-0.4, -0.2) is 0 Å². The summed E-state index contributed by atoms with van der Waals surface area (Å²) in [5.41, 5.74) is -0.669. The zero-order valence-corrected chi connectivity index (χ0v) is 11.9. The van der Waals surface area contributed by atoms with Crippen LogP contribution >= 0.6 is 31.9 Å². The lowest BCUT2D eigenvalue weighted by Gasteiger charge is -2.16. The molecule has 2 rings (SSSR count). The molecular formula is C12H6Br2F4. The summed E-state index contributed by atoms with van der Waals surface area (Å²) in [6.45, 7) is 0. The Bertz CT molecular complexity index is 531. The van der Waals surface area contributed by atoms with Crippen LogP contribution in [0.1, 0.15) is 11.1 Å². The zero-order chi connectivity index (χ0) is 13.6. The summed E-state index contributed by atoms with van der Waals surface area (Å²) >= 11 is 4.50. The van der Waals surface area contributed by atoms with Gasteiger partial charge >= 0.3 is 9.66 Å². The third-order valence-corrected chi connectivity index (χ3v) is 3.39. The quantitative estimate of drug-likeness (QED) is 0.457. The van der Waals surface area contributed by atoms with Crippen molar-refractivity contribution in [1.29, 1.82) is 0 Å². The molecule has 96 valence electrons. The first-order valence-corrected chi connectivity index (χ1v) is 6.46. The van der Waals surface area contributed by atoms with Gasteiger partial charge in [0.15, 0.2) is 0 Å². The first kappa shape index (κ1) is 13.8. The van der Waals surface area contributed by atoms with Crippen molar-refractivity contribution < 1.29 is 17.6 Å². The largest absolute Gasteiger partial charge is 0.327 e. The van der Waals surface area contributed by atoms with E-state index in [-0.39, 0.29) is 21.9 Å². The predicted molar refractivity (Wildman–Crippen MR) is 69.6 cm³/mol. The monoisotopic (exact) mass is 384 g/mol. The minimum Gasteiger partial charge on any atom is -0.188 e. The Morgan fingerprint density at radius 1 is 0.667 bits per heavy atom. The molecule has 0 radical (unpaired) electrons. The highest BCUT2D eigenvalue weighted by atomic mass is 79.9. The van der Waals surface area contributed by atoms with Crippen molar-refractivity contribution in [2.24, 2.45) is 0 Å². The molecule has 0 atom stereocenters. The molecule has 0 saturated carbocycles. The third-order valence-electron chi connectivity index (χ3n) is 2.53. The molecule has 2 aromatic carbocycles. The molecule has 0 bridgehead atoms. The minimum absolute atomic E-state index is 0.0935. The van der Waals surface area contributed by atoms with E-state index >= 15 is 0 Å². The third kappa shape index (κ3) is 2.54. The molecule has 6 heteroatoms. The maximum atomic E-state index is 13.3. The fraction of sp³-hybridized carbons (Fsp3) is 0.167. The summed E-state index contributed by atoms with van der Waals surface area (Å²) in [6, 6.07) is 7.84. The van der Waals surface area contributed by atoms with Crippen LogP contribution in [0.3, 0.4) is 0 Å². The fourth-order valence-corrected chi connectivity index (χ4v) is 2.50. The second kappa shape index (κ2) is 4.49. The molecule has 0 aliphatic carbocycles. The average Bonchev–Trinajstić information content (AvgIpc) is 2.24. The molecule has 0 aliphatic heterocycles. The van der Waals surface area contributed by atoms with Crippen LogP contribution in [0, 0.1) is 0 Å². The van der Waals surface area contributed by atoms with E-state index in [0.29, 0.717) is 0 Å². The van der Waals surface area contributed by atoms with Crippen LogP contribution in [0.2, 0.25) is 0 Å². The first-order valence-electron chi connectivity index (χ1n) is 4.87. The lowest BCUT2D eigenvalue weighted by atomic mass is 10.0. The van der Waals surface area contributed by atoms with Gasteiger partial charge in [0.1, 0.15) is 0 Å². The van der Waals surface area contributed by atoms with E-state index in [2.05, 4.69) is 31.9 Å². The van der Waals surface area contributed by atoms with E-state index < -0.39 is 9.66 Å². The average molecular weight is 386 g/mol. The Morgan fingerprint density at radius 2 is 1.00 bits per heavy atom. The normalized spacial score (nSPS) is 13.0. The highest BCUT2D eigenvalue weighted by Crippen LogP contribution is 2.43. The Hall–Kier alpha value is -0.620. The second-order valence-corrected chi connectivity index (χ2v) is 5.69. The van der Waals surface area contributed by atoms with Crippen molar-refractivity contribution in [1.82, 2.24) is 0 Å². The molecule has 0 aliphatic rings. The standard InChI is InChI=1S/C12H6Br2F4/c13-11(15,16)9-5-1-3-7-8(9)4-2-6-10(7)12(14,17)18/h1-6H. The van der Waals surface area contributed by atoms with E-state index in [1.54, 1.807) is 0 Å². The Labute approximate surface area is 117 Å². The van der Waals surface area contributed by atoms with Crippen LogP contribution in [-0.2, 0) is 9.66 Å². The lowest BCUT2D eigenvalue weighted by Crippen LogP contribution is -2.07. The molecule has 0 unspecified atom stereocenters. The van der Waals surface area contributed by atoms with Crippen molar-refractivity contribution in [2.75, 3.05) is 0 Å². The topological polar surface area (TPSA) is 0 Å². The van der Waals surface area contributed by atoms with E-state index in [0.717, 1.165) is 0 Å². The molecule has 0 spiro atoms. The van der Waals surface area contributed by atoms with Crippen molar-refractivity contribution in [2.45, 2.75) is 9.66 Å². The smallest absolute Gasteiger partial charge is 0.188 e. The SMILES string of the molecule is FC(F)(Br)c1cccc2c(C(F)(F)Br)cccc12. The van der Waals surface area contributed by atoms with Crippen molar-refractivity contribution in [3.05, 3.63) is 47.5 Å². The molecule has 0 N–H and O–H groups in total. The number of hydrogen-bond donors (Lipinski definition) is 0. The Kier molecular flexibility index (Phi) is 3.44. The summed E-state index contributed by atoms with van der Waals surface area (Å²) < 4.78 is 53.3. The zero-order valence-electron chi connectivity index (χ0n) is 8.73. The van der Waals surface area contributed by atoms with Gasteiger partial charge in [-0.3, -0.25) is 0 Å². The Balaban J connectivity index is 2.82. The highest BCUT2D eigenvalue weighted by Gasteiger charge is 2.33. The number of halogens is 6. The molecule has 18 heavy (non-hydrogen) atoms. The van der Waals surface area contributed by atoms with Crippen LogP contribution < -0.4 is 0 Å². The molecule has 0 heterocycles. The summed E-state index contributed by atoms with van der Waals surface area (Å²) in [5.74, 6) is 0. The number of hydrogen-bond acceptors (Lipinski definition) is 0. The van der Waals surface area contributed by atoms with Crippen LogP contribution in [0.4, 0.5) is 17.6 Å². The number of alkyl halides is 6. The van der Waals surface area contributed by atoms with Gasteiger partial charge in [-0.05, 0) is 42.6 Å². The van der Waals surface area contributed by atoms with E-state index in [9.17, 15) is 17.6 Å². The van der Waals surface area contributed by atoms with E-state index in [1.807, 2.05) is 0 Å². The summed E-state index contributed by atoms with van der Waals surface area (Å²) in [7, 11) is 0. The second-order valence-electron chi connectivity index (χ2n) is 3.70. The van der Waals surface area contributed by atoms with Gasteiger partial charge in [-0.2, -0.15) is 17.6 Å². The molecule has 2 aromatic rings. The van der Waals surface area contributed by atoms with E-state index in [4.69, 9.17) is 0 Å². The van der Waals surface area contributed by atoms with Gasteiger partial charge in [0.25, 0.3) is 0 Å². The molecule has 0 nitrogen and oxygen atoms in total. The van der Waals surface area contributed by atoms with Gasteiger partial charge in [-0.1, -0.05) is 36.4 Å². The van der Waals surface area contributed by atoms with Crippen molar-refractivity contribution in [3.63, 3.8) is 0 Å². The molecule has 0 amide bonds. The summed E-state index contributed by atoms with van der Waals surface area (Å²) in [6.07, 6.45) is 0. The fourth-order valence-electron chi connectivity index (χ4n) is 1.80. The number of fused-ring (bicyclic) bond motifs is 1. The number of benzene rings is 2. The van der Waals surface area contributed by atoms with Gasteiger partial charge in [0.05, 0.1) is 0 Å². The Morgan fingerprint density at radius 3 is 1.28 bits per heavy atom. The van der Waals surface area contributed by atoms with Crippen LogP contribution in [0.5, 0.6) is 0 Å². The highest BCUT2D eigenvalue weighted by molar-refractivity contribution is 9.09. The summed E-state index contributed by atoms with van der Waals surface area (Å²) in [5, 5.41) is 0.187. The van der Waals surface area contributed by atoms with Crippen molar-refractivity contribution >= 4 is 42.6 Å². The van der Waals surface area contributed by atoms with Crippen LogP contribution in [0.15, 0.2) is 36.4 Å². The predicted octanol–water partition coefficient (Wildman–Crippen LogP) is 5.73. The van der Waals surface area contributed by atoms with Gasteiger partial charge in [0.2, 0.25) is 0 Å². The number of rotatable bonds is 2. The molecule has 0 fully saturated rings. The van der Waals surface area contributed by atoms with Gasteiger partial charge in [-0.25, -0.2) is 0 Å².